The van der Waals surface area contributed by atoms with Crippen molar-refractivity contribution in [2.24, 2.45) is 10.7 Å². The average Bonchev–Trinajstić information content (AvgIpc) is 2.75. The van der Waals surface area contributed by atoms with Gasteiger partial charge in [-0.05, 0) is 19.3 Å². The second kappa shape index (κ2) is 8.25. The van der Waals surface area contributed by atoms with Crippen LogP contribution in [0.5, 0.6) is 0 Å². The van der Waals surface area contributed by atoms with Gasteiger partial charge in [0, 0.05) is 30.1 Å². The molecule has 0 bridgehead atoms. The molecule has 0 atom stereocenters. The van der Waals surface area contributed by atoms with Crippen LogP contribution in [-0.4, -0.2) is 23.5 Å². The summed E-state index contributed by atoms with van der Waals surface area (Å²) in [5.41, 5.74) is 5.97. The Morgan fingerprint density at radius 2 is 2.15 bits per heavy atom. The van der Waals surface area contributed by atoms with Gasteiger partial charge in [0.25, 0.3) is 0 Å². The van der Waals surface area contributed by atoms with Gasteiger partial charge in [-0.1, -0.05) is 32.6 Å². The van der Waals surface area contributed by atoms with Crippen LogP contribution in [0, 0.1) is 0 Å². The minimum absolute atomic E-state index is 0.521. The van der Waals surface area contributed by atoms with Gasteiger partial charge >= 0.3 is 0 Å². The number of guanidine groups is 1. The fourth-order valence-corrected chi connectivity index (χ4v) is 3.43. The minimum atomic E-state index is 0.521. The lowest BCUT2D eigenvalue weighted by Gasteiger charge is -2.16. The van der Waals surface area contributed by atoms with Crippen molar-refractivity contribution in [1.82, 2.24) is 10.3 Å². The van der Waals surface area contributed by atoms with Gasteiger partial charge in [-0.3, -0.25) is 4.99 Å². The highest BCUT2D eigenvalue weighted by atomic mass is 32.1. The predicted octanol–water partition coefficient (Wildman–Crippen LogP) is 2.88. The van der Waals surface area contributed by atoms with Crippen molar-refractivity contribution in [3.8, 4) is 0 Å². The van der Waals surface area contributed by atoms with Crippen molar-refractivity contribution >= 4 is 17.3 Å². The first-order valence-electron chi connectivity index (χ1n) is 7.78. The third kappa shape index (κ3) is 5.12. The summed E-state index contributed by atoms with van der Waals surface area (Å²) in [5, 5.41) is 4.53. The van der Waals surface area contributed by atoms with Gasteiger partial charge in [0.05, 0.1) is 5.01 Å². The maximum Gasteiger partial charge on any atom is 0.188 e. The Morgan fingerprint density at radius 1 is 1.40 bits per heavy atom. The van der Waals surface area contributed by atoms with E-state index in [0.29, 0.717) is 12.0 Å². The summed E-state index contributed by atoms with van der Waals surface area (Å²) in [6.45, 7) is 2.88. The first kappa shape index (κ1) is 15.3. The maximum atomic E-state index is 5.97. The van der Waals surface area contributed by atoms with Crippen LogP contribution >= 0.6 is 11.3 Å². The van der Waals surface area contributed by atoms with E-state index in [1.165, 1.54) is 43.4 Å². The number of aromatic nitrogens is 1. The number of thiazole rings is 1. The molecule has 0 saturated heterocycles. The Morgan fingerprint density at radius 3 is 2.80 bits per heavy atom. The van der Waals surface area contributed by atoms with Gasteiger partial charge in [0.2, 0.25) is 0 Å². The molecular formula is C15H26N4S. The van der Waals surface area contributed by atoms with Crippen LogP contribution in [0.3, 0.4) is 0 Å². The molecule has 3 N–H and O–H groups in total. The summed E-state index contributed by atoms with van der Waals surface area (Å²) in [5.74, 6) is 0.601. The summed E-state index contributed by atoms with van der Waals surface area (Å²) in [7, 11) is 0. The van der Waals surface area contributed by atoms with Crippen molar-refractivity contribution in [2.45, 2.75) is 64.3 Å². The number of aryl methyl sites for hydroxylation is 1. The quantitative estimate of drug-likeness (QED) is 0.498. The molecule has 0 unspecified atom stereocenters. The van der Waals surface area contributed by atoms with Gasteiger partial charge in [0.15, 0.2) is 5.96 Å². The zero-order chi connectivity index (χ0) is 14.2. The topological polar surface area (TPSA) is 63.3 Å². The molecule has 20 heavy (non-hydrogen) atoms. The lowest BCUT2D eigenvalue weighted by atomic mass is 10.1. The zero-order valence-electron chi connectivity index (χ0n) is 12.4. The molecule has 1 aromatic heterocycles. The van der Waals surface area contributed by atoms with E-state index >= 15 is 0 Å². The molecule has 4 nitrogen and oxygen atoms in total. The summed E-state index contributed by atoms with van der Waals surface area (Å²) < 4.78 is 0. The molecular weight excluding hydrogens is 268 g/mol. The fraction of sp³-hybridized carbons (Fsp3) is 0.733. The first-order valence-corrected chi connectivity index (χ1v) is 8.59. The number of aliphatic imine (C=N–C) groups is 1. The Balaban J connectivity index is 1.72. The highest BCUT2D eigenvalue weighted by Gasteiger charge is 2.12. The lowest BCUT2D eigenvalue weighted by Crippen LogP contribution is -2.40. The summed E-state index contributed by atoms with van der Waals surface area (Å²) >= 11 is 1.78. The van der Waals surface area contributed by atoms with Crippen LogP contribution in [0.15, 0.2) is 11.2 Å². The van der Waals surface area contributed by atoms with Crippen LogP contribution in [0.2, 0.25) is 0 Å². The monoisotopic (exact) mass is 294 g/mol. The van der Waals surface area contributed by atoms with Gasteiger partial charge in [-0.25, -0.2) is 4.98 Å². The Kier molecular flexibility index (Phi) is 6.30. The van der Waals surface area contributed by atoms with E-state index in [1.807, 2.05) is 6.20 Å². The molecule has 1 aromatic rings. The highest BCUT2D eigenvalue weighted by Crippen LogP contribution is 2.17. The van der Waals surface area contributed by atoms with Crippen molar-refractivity contribution in [1.29, 1.82) is 0 Å². The number of hydrogen-bond acceptors (Lipinski definition) is 3. The third-order valence-corrected chi connectivity index (χ3v) is 4.97. The van der Waals surface area contributed by atoms with E-state index in [0.717, 1.165) is 24.4 Å². The van der Waals surface area contributed by atoms with Gasteiger partial charge in [0.1, 0.15) is 0 Å². The molecule has 5 heteroatoms. The maximum absolute atomic E-state index is 5.97. The molecule has 1 saturated carbocycles. The van der Waals surface area contributed by atoms with Crippen LogP contribution in [0.4, 0.5) is 0 Å². The van der Waals surface area contributed by atoms with Crippen molar-refractivity contribution < 1.29 is 0 Å². The molecule has 2 rings (SSSR count). The highest BCUT2D eigenvalue weighted by molar-refractivity contribution is 7.11. The standard InChI is InChI=1S/C15H26N4S/c1-2-13-11-18-14(20-13)9-10-17-15(16)19-12-7-5-3-4-6-8-12/h11-12H,2-10H2,1H3,(H3,16,17,19). The Bertz CT molecular complexity index is 419. The van der Waals surface area contributed by atoms with E-state index in [4.69, 9.17) is 5.73 Å². The third-order valence-electron chi connectivity index (χ3n) is 3.76. The average molecular weight is 294 g/mol. The normalized spacial score (nSPS) is 17.9. The second-order valence-electron chi connectivity index (χ2n) is 5.42. The number of hydrogen-bond donors (Lipinski definition) is 2. The SMILES string of the molecule is CCc1cnc(CCN=C(N)NC2CCCCCC2)s1. The van der Waals surface area contributed by atoms with E-state index in [-0.39, 0.29) is 0 Å². The van der Waals surface area contributed by atoms with E-state index in [1.54, 1.807) is 11.3 Å². The van der Waals surface area contributed by atoms with Crippen molar-refractivity contribution in [2.75, 3.05) is 6.54 Å². The van der Waals surface area contributed by atoms with E-state index < -0.39 is 0 Å². The molecule has 112 valence electrons. The number of rotatable bonds is 5. The second-order valence-corrected chi connectivity index (χ2v) is 6.62. The molecule has 1 aliphatic rings. The minimum Gasteiger partial charge on any atom is -0.370 e. The van der Waals surface area contributed by atoms with Crippen LogP contribution in [-0.2, 0) is 12.8 Å². The van der Waals surface area contributed by atoms with Gasteiger partial charge < -0.3 is 11.1 Å². The smallest absolute Gasteiger partial charge is 0.188 e. The largest absolute Gasteiger partial charge is 0.370 e. The molecule has 0 radical (unpaired) electrons. The summed E-state index contributed by atoms with van der Waals surface area (Å²) in [6, 6.07) is 0.521. The molecule has 0 aromatic carbocycles. The van der Waals surface area contributed by atoms with E-state index in [2.05, 4.69) is 22.2 Å². The number of nitrogens with zero attached hydrogens (tertiary/aromatic N) is 2. The van der Waals surface area contributed by atoms with Crippen LogP contribution in [0.25, 0.3) is 0 Å². The lowest BCUT2D eigenvalue weighted by molar-refractivity contribution is 0.530. The molecule has 1 aliphatic carbocycles. The van der Waals surface area contributed by atoms with Crippen LogP contribution in [0.1, 0.15) is 55.3 Å². The van der Waals surface area contributed by atoms with Crippen molar-refractivity contribution in [3.05, 3.63) is 16.1 Å². The molecule has 0 aliphatic heterocycles. The Labute approximate surface area is 125 Å². The number of nitrogens with one attached hydrogen (secondary N) is 1. The summed E-state index contributed by atoms with van der Waals surface area (Å²) in [4.78, 5) is 10.2. The van der Waals surface area contributed by atoms with Gasteiger partial charge in [-0.15, -0.1) is 11.3 Å². The molecule has 1 fully saturated rings. The van der Waals surface area contributed by atoms with Crippen LogP contribution < -0.4 is 11.1 Å². The Hall–Kier alpha value is -1.10. The van der Waals surface area contributed by atoms with Gasteiger partial charge in [-0.2, -0.15) is 0 Å². The summed E-state index contributed by atoms with van der Waals surface area (Å²) in [6.07, 6.45) is 11.7. The van der Waals surface area contributed by atoms with E-state index in [9.17, 15) is 0 Å². The van der Waals surface area contributed by atoms with Crippen molar-refractivity contribution in [3.63, 3.8) is 0 Å². The zero-order valence-corrected chi connectivity index (χ0v) is 13.2. The predicted molar refractivity (Wildman–Crippen MR) is 86.3 cm³/mol. The molecule has 1 heterocycles. The molecule has 0 amide bonds. The molecule has 0 spiro atoms. The first-order chi connectivity index (χ1) is 9.78. The fourth-order valence-electron chi connectivity index (χ4n) is 2.58. The number of nitrogens with two attached hydrogens (primary N) is 1.